The highest BCUT2D eigenvalue weighted by Gasteiger charge is 2.38. The van der Waals surface area contributed by atoms with E-state index in [0.29, 0.717) is 5.69 Å². The number of amides is 2. The lowest BCUT2D eigenvalue weighted by Crippen LogP contribution is -2.46. The summed E-state index contributed by atoms with van der Waals surface area (Å²) < 4.78 is 0. The molecule has 1 fully saturated rings. The average molecular weight is 266 g/mol. The van der Waals surface area contributed by atoms with Crippen molar-refractivity contribution in [2.24, 2.45) is 0 Å². The first-order valence-corrected chi connectivity index (χ1v) is 5.80. The van der Waals surface area contributed by atoms with Crippen LogP contribution in [0.1, 0.15) is 12.1 Å². The molecule has 0 saturated carbocycles. The Morgan fingerprint density at radius 1 is 1.53 bits per heavy atom. The van der Waals surface area contributed by atoms with Crippen molar-refractivity contribution < 1.29 is 19.8 Å². The van der Waals surface area contributed by atoms with Crippen molar-refractivity contribution >= 4 is 12.0 Å². The fourth-order valence-electron chi connectivity index (χ4n) is 1.97. The van der Waals surface area contributed by atoms with Crippen molar-refractivity contribution in [2.45, 2.75) is 25.1 Å². The number of likely N-dealkylation sites (tertiary alicyclic amines) is 1. The molecule has 0 radical (unpaired) electrons. The second kappa shape index (κ2) is 5.61. The molecule has 0 unspecified atom stereocenters. The molecule has 1 saturated heterocycles. The van der Waals surface area contributed by atoms with E-state index in [0.717, 1.165) is 4.90 Å². The lowest BCUT2D eigenvalue weighted by Gasteiger charge is -2.21. The van der Waals surface area contributed by atoms with E-state index in [1.807, 2.05) is 0 Å². The predicted molar refractivity (Wildman–Crippen MR) is 63.0 cm³/mol. The average Bonchev–Trinajstić information content (AvgIpc) is 2.79. The van der Waals surface area contributed by atoms with Gasteiger partial charge in [-0.15, -0.1) is 0 Å². The standard InChI is InChI=1S/C11H14N4O4/c16-8-4-9(10(17)18)15(6-8)11(19)12-5-7-2-1-3-13-14-7/h1-3,8-9,16H,4-6H2,(H,12,19)(H,17,18)/t8-,9+/m1/s1. The molecule has 0 bridgehead atoms. The summed E-state index contributed by atoms with van der Waals surface area (Å²) in [5.74, 6) is -1.12. The Kier molecular flexibility index (Phi) is 3.91. The number of nitrogens with zero attached hydrogens (tertiary/aromatic N) is 3. The molecular formula is C11H14N4O4. The topological polar surface area (TPSA) is 116 Å². The molecule has 19 heavy (non-hydrogen) atoms. The van der Waals surface area contributed by atoms with Crippen LogP contribution in [0.3, 0.4) is 0 Å². The Bertz CT molecular complexity index is 467. The molecule has 8 heteroatoms. The Morgan fingerprint density at radius 2 is 2.32 bits per heavy atom. The van der Waals surface area contributed by atoms with Crippen molar-refractivity contribution in [1.82, 2.24) is 20.4 Å². The zero-order valence-electron chi connectivity index (χ0n) is 10.1. The maximum Gasteiger partial charge on any atom is 0.326 e. The molecule has 0 aliphatic carbocycles. The summed E-state index contributed by atoms with van der Waals surface area (Å²) in [5.41, 5.74) is 0.572. The third-order valence-electron chi connectivity index (χ3n) is 2.87. The summed E-state index contributed by atoms with van der Waals surface area (Å²) >= 11 is 0. The third kappa shape index (κ3) is 3.16. The lowest BCUT2D eigenvalue weighted by molar-refractivity contribution is -0.141. The molecule has 2 rings (SSSR count). The van der Waals surface area contributed by atoms with Crippen LogP contribution >= 0.6 is 0 Å². The van der Waals surface area contributed by atoms with Gasteiger partial charge in [-0.25, -0.2) is 9.59 Å². The number of carboxylic acid groups (broad SMARTS) is 1. The van der Waals surface area contributed by atoms with Gasteiger partial charge in [-0.2, -0.15) is 10.2 Å². The number of aliphatic hydroxyl groups excluding tert-OH is 1. The number of carbonyl (C=O) groups is 2. The molecule has 2 atom stereocenters. The second-order valence-electron chi connectivity index (χ2n) is 4.27. The smallest absolute Gasteiger partial charge is 0.326 e. The molecule has 8 nitrogen and oxygen atoms in total. The summed E-state index contributed by atoms with van der Waals surface area (Å²) in [6.45, 7) is 0.175. The van der Waals surface area contributed by atoms with Gasteiger partial charge in [0, 0.05) is 19.2 Å². The van der Waals surface area contributed by atoms with E-state index < -0.39 is 24.1 Å². The van der Waals surface area contributed by atoms with Gasteiger partial charge in [-0.05, 0) is 12.1 Å². The maximum atomic E-state index is 11.9. The minimum atomic E-state index is -1.12. The van der Waals surface area contributed by atoms with Crippen molar-refractivity contribution in [3.05, 3.63) is 24.0 Å². The van der Waals surface area contributed by atoms with Crippen LogP contribution in [0.4, 0.5) is 4.79 Å². The molecule has 3 N–H and O–H groups in total. The number of carboxylic acids is 1. The summed E-state index contributed by atoms with van der Waals surface area (Å²) in [6, 6.07) is 1.86. The number of aliphatic hydroxyl groups is 1. The molecular weight excluding hydrogens is 252 g/mol. The van der Waals surface area contributed by atoms with Crippen molar-refractivity contribution in [3.63, 3.8) is 0 Å². The number of hydrogen-bond donors (Lipinski definition) is 3. The van der Waals surface area contributed by atoms with E-state index in [1.165, 1.54) is 6.20 Å². The molecule has 2 heterocycles. The van der Waals surface area contributed by atoms with Crippen molar-refractivity contribution in [1.29, 1.82) is 0 Å². The number of rotatable bonds is 3. The Morgan fingerprint density at radius 3 is 2.95 bits per heavy atom. The highest BCUT2D eigenvalue weighted by atomic mass is 16.4. The number of hydrogen-bond acceptors (Lipinski definition) is 5. The molecule has 2 amide bonds. The molecule has 0 spiro atoms. The van der Waals surface area contributed by atoms with Crippen LogP contribution in [0.15, 0.2) is 18.3 Å². The van der Waals surface area contributed by atoms with E-state index in [9.17, 15) is 14.7 Å². The summed E-state index contributed by atoms with van der Waals surface area (Å²) in [5, 5.41) is 28.4. The van der Waals surface area contributed by atoms with Crippen LogP contribution in [0.25, 0.3) is 0 Å². The van der Waals surface area contributed by atoms with Gasteiger partial charge >= 0.3 is 12.0 Å². The zero-order chi connectivity index (χ0) is 13.8. The Labute approximate surface area is 109 Å². The maximum absolute atomic E-state index is 11.9. The minimum absolute atomic E-state index is 0.0171. The first kappa shape index (κ1) is 13.2. The monoisotopic (exact) mass is 266 g/mol. The third-order valence-corrected chi connectivity index (χ3v) is 2.87. The van der Waals surface area contributed by atoms with Gasteiger partial charge in [0.15, 0.2) is 0 Å². The first-order valence-electron chi connectivity index (χ1n) is 5.80. The number of urea groups is 1. The van der Waals surface area contributed by atoms with E-state index in [-0.39, 0.29) is 19.5 Å². The minimum Gasteiger partial charge on any atom is -0.480 e. The van der Waals surface area contributed by atoms with Gasteiger partial charge in [0.25, 0.3) is 0 Å². The molecule has 1 aliphatic heterocycles. The molecule has 102 valence electrons. The van der Waals surface area contributed by atoms with Gasteiger partial charge < -0.3 is 20.4 Å². The van der Waals surface area contributed by atoms with Crippen LogP contribution in [-0.4, -0.2) is 56.0 Å². The van der Waals surface area contributed by atoms with Gasteiger partial charge in [0.1, 0.15) is 6.04 Å². The van der Waals surface area contributed by atoms with Crippen LogP contribution in [0.2, 0.25) is 0 Å². The highest BCUT2D eigenvalue weighted by Crippen LogP contribution is 2.18. The van der Waals surface area contributed by atoms with Crippen LogP contribution in [0, 0.1) is 0 Å². The molecule has 1 aromatic rings. The van der Waals surface area contributed by atoms with Gasteiger partial charge in [0.05, 0.1) is 18.3 Å². The summed E-state index contributed by atoms with van der Waals surface area (Å²) in [6.07, 6.45) is 0.764. The normalized spacial score (nSPS) is 22.3. The van der Waals surface area contributed by atoms with Gasteiger partial charge in [-0.3, -0.25) is 0 Å². The molecule has 0 aromatic carbocycles. The number of aliphatic carboxylic acids is 1. The SMILES string of the molecule is O=C(O)[C@@H]1C[C@@H](O)CN1C(=O)NCc1cccnn1. The number of β-amino-alcohol motifs (C(OH)–C–C–N with tert-alkyl or cyclic N) is 1. The Hall–Kier alpha value is -2.22. The van der Waals surface area contributed by atoms with Crippen molar-refractivity contribution in [3.8, 4) is 0 Å². The number of aromatic nitrogens is 2. The predicted octanol–water partition coefficient (Wildman–Crippen LogP) is -0.794. The quantitative estimate of drug-likeness (QED) is 0.660. The van der Waals surface area contributed by atoms with E-state index in [4.69, 9.17) is 5.11 Å². The van der Waals surface area contributed by atoms with E-state index >= 15 is 0 Å². The number of carbonyl (C=O) groups excluding carboxylic acids is 1. The van der Waals surface area contributed by atoms with E-state index in [1.54, 1.807) is 12.1 Å². The summed E-state index contributed by atoms with van der Waals surface area (Å²) in [4.78, 5) is 24.0. The van der Waals surface area contributed by atoms with Crippen LogP contribution in [0.5, 0.6) is 0 Å². The fourth-order valence-corrected chi connectivity index (χ4v) is 1.97. The van der Waals surface area contributed by atoms with Gasteiger partial charge in [0.2, 0.25) is 0 Å². The van der Waals surface area contributed by atoms with Crippen LogP contribution < -0.4 is 5.32 Å². The van der Waals surface area contributed by atoms with Crippen molar-refractivity contribution in [2.75, 3.05) is 6.54 Å². The second-order valence-corrected chi connectivity index (χ2v) is 4.27. The summed E-state index contributed by atoms with van der Waals surface area (Å²) in [7, 11) is 0. The lowest BCUT2D eigenvalue weighted by atomic mass is 10.2. The van der Waals surface area contributed by atoms with Crippen LogP contribution in [-0.2, 0) is 11.3 Å². The Balaban J connectivity index is 1.94. The largest absolute Gasteiger partial charge is 0.480 e. The first-order chi connectivity index (χ1) is 9.08. The number of nitrogens with one attached hydrogen (secondary N) is 1. The zero-order valence-corrected chi connectivity index (χ0v) is 10.1. The van der Waals surface area contributed by atoms with E-state index in [2.05, 4.69) is 15.5 Å². The molecule has 1 aromatic heterocycles. The fraction of sp³-hybridized carbons (Fsp3) is 0.455. The molecule has 1 aliphatic rings. The van der Waals surface area contributed by atoms with Gasteiger partial charge in [-0.1, -0.05) is 0 Å². The highest BCUT2D eigenvalue weighted by molar-refractivity contribution is 5.83.